The van der Waals surface area contributed by atoms with Crippen LogP contribution in [0.15, 0.2) is 86.9 Å². The molecule has 1 saturated heterocycles. The lowest BCUT2D eigenvalue weighted by molar-refractivity contribution is -0.0721. The lowest BCUT2D eigenvalue weighted by Crippen LogP contribution is -2.35. The van der Waals surface area contributed by atoms with Crippen LogP contribution in [0.2, 0.25) is 0 Å². The average Bonchev–Trinajstić information content (AvgIpc) is 3.49. The van der Waals surface area contributed by atoms with Gasteiger partial charge in [-0.2, -0.15) is 0 Å². The summed E-state index contributed by atoms with van der Waals surface area (Å²) >= 11 is 0. The molecule has 1 aliphatic heterocycles. The van der Waals surface area contributed by atoms with Gasteiger partial charge in [-0.1, -0.05) is 67.0 Å². The third-order valence-corrected chi connectivity index (χ3v) is 8.22. The van der Waals surface area contributed by atoms with Crippen LogP contribution in [0.5, 0.6) is 11.8 Å². The molecule has 46 heavy (non-hydrogen) atoms. The Balaban J connectivity index is 1.29. The molecule has 10 nitrogen and oxygen atoms in total. The molecule has 6 rings (SSSR count). The predicted octanol–water partition coefficient (Wildman–Crippen LogP) is 6.13. The molecule has 238 valence electrons. The first-order valence-corrected chi connectivity index (χ1v) is 15.7. The van der Waals surface area contributed by atoms with Gasteiger partial charge in [0.2, 0.25) is 0 Å². The van der Waals surface area contributed by atoms with Crippen LogP contribution < -0.4 is 20.8 Å². The lowest BCUT2D eigenvalue weighted by atomic mass is 9.96. The summed E-state index contributed by atoms with van der Waals surface area (Å²) in [6, 6.07) is 23.4. The number of nitrogens with zero attached hydrogens (tertiary/aromatic N) is 3. The van der Waals surface area contributed by atoms with Gasteiger partial charge in [0.15, 0.2) is 5.82 Å². The molecule has 5 aromatic rings. The van der Waals surface area contributed by atoms with Gasteiger partial charge in [-0.15, -0.1) is 0 Å². The van der Waals surface area contributed by atoms with Gasteiger partial charge in [0.25, 0.3) is 5.56 Å². The standard InChI is InChI=1S/C36H38N4O6/c1-5-8-32-31(21-24-11-13-25(14-12-24)29-9-6-7-10-30(29)33-38-36(42)46-39-33)34(41)40(35(37-32)43-4)26-15-17-27(18-16-26)45-28-19-22(2)44-23(3)20-28/h6-7,9-18,22-23,28H,5,8,19-21H2,1-4H3,(H,38,39,42)/t22-,23+,28+. The smallest absolute Gasteiger partial charge is 0.439 e. The first kappa shape index (κ1) is 31.0. The van der Waals surface area contributed by atoms with Crippen molar-refractivity contribution in [1.82, 2.24) is 19.7 Å². The summed E-state index contributed by atoms with van der Waals surface area (Å²) in [5.41, 5.74) is 5.39. The summed E-state index contributed by atoms with van der Waals surface area (Å²) in [6.07, 6.45) is 3.95. The van der Waals surface area contributed by atoms with Crippen LogP contribution in [0, 0.1) is 0 Å². The van der Waals surface area contributed by atoms with Gasteiger partial charge in [0.05, 0.1) is 30.7 Å². The molecule has 1 fully saturated rings. The van der Waals surface area contributed by atoms with Gasteiger partial charge in [-0.25, -0.2) is 14.3 Å². The number of benzene rings is 3. The second kappa shape index (κ2) is 13.6. The number of hydrogen-bond acceptors (Lipinski definition) is 8. The molecule has 0 saturated carbocycles. The summed E-state index contributed by atoms with van der Waals surface area (Å²) < 4.78 is 24.0. The van der Waals surface area contributed by atoms with Crippen molar-refractivity contribution in [3.05, 3.63) is 111 Å². The number of aromatic nitrogens is 4. The zero-order valence-corrected chi connectivity index (χ0v) is 26.5. The average molecular weight is 623 g/mol. The van der Waals surface area contributed by atoms with Crippen molar-refractivity contribution >= 4 is 0 Å². The highest BCUT2D eigenvalue weighted by Gasteiger charge is 2.26. The normalized spacial score (nSPS) is 18.0. The van der Waals surface area contributed by atoms with Crippen molar-refractivity contribution in [3.63, 3.8) is 0 Å². The first-order chi connectivity index (χ1) is 22.3. The van der Waals surface area contributed by atoms with E-state index < -0.39 is 5.76 Å². The number of ether oxygens (including phenoxy) is 3. The van der Waals surface area contributed by atoms with Crippen molar-refractivity contribution in [2.45, 2.75) is 71.2 Å². The van der Waals surface area contributed by atoms with Crippen LogP contribution in [0.25, 0.3) is 28.2 Å². The highest BCUT2D eigenvalue weighted by molar-refractivity contribution is 5.80. The van der Waals surface area contributed by atoms with Crippen LogP contribution in [0.1, 0.15) is 56.9 Å². The van der Waals surface area contributed by atoms with Gasteiger partial charge >= 0.3 is 11.8 Å². The van der Waals surface area contributed by atoms with E-state index in [0.29, 0.717) is 29.9 Å². The molecular formula is C36H38N4O6. The van der Waals surface area contributed by atoms with Gasteiger partial charge in [-0.3, -0.25) is 14.3 Å². The van der Waals surface area contributed by atoms with Crippen molar-refractivity contribution < 1.29 is 18.7 Å². The Hall–Kier alpha value is -4.96. The zero-order chi connectivity index (χ0) is 32.2. The third kappa shape index (κ3) is 6.67. The molecule has 0 unspecified atom stereocenters. The minimum atomic E-state index is -0.606. The highest BCUT2D eigenvalue weighted by Crippen LogP contribution is 2.31. The van der Waals surface area contributed by atoms with Crippen LogP contribution >= 0.6 is 0 Å². The maximum absolute atomic E-state index is 14.2. The molecule has 3 atom stereocenters. The SMILES string of the molecule is CCCc1nc(OC)n(-c2ccc(O[C@H]3C[C@@H](C)O[C@@H](C)C3)cc2)c(=O)c1Cc1ccc(-c2ccccc2-c2noc(=O)[nH]2)cc1. The van der Waals surface area contributed by atoms with Crippen LogP contribution in [-0.4, -0.2) is 45.1 Å². The van der Waals surface area contributed by atoms with Gasteiger partial charge in [0.1, 0.15) is 11.9 Å². The van der Waals surface area contributed by atoms with Crippen LogP contribution in [0.3, 0.4) is 0 Å². The fourth-order valence-corrected chi connectivity index (χ4v) is 6.16. The minimum absolute atomic E-state index is 0.0784. The molecule has 0 amide bonds. The van der Waals surface area contributed by atoms with Crippen molar-refractivity contribution in [1.29, 1.82) is 0 Å². The minimum Gasteiger partial charge on any atom is -0.490 e. The van der Waals surface area contributed by atoms with Crippen molar-refractivity contribution in [2.75, 3.05) is 7.11 Å². The summed E-state index contributed by atoms with van der Waals surface area (Å²) in [5.74, 6) is 0.505. The van der Waals surface area contributed by atoms with E-state index in [1.54, 1.807) is 0 Å². The molecule has 3 aromatic carbocycles. The Morgan fingerprint density at radius 3 is 2.26 bits per heavy atom. The molecular weight excluding hydrogens is 584 g/mol. The Bertz CT molecular complexity index is 1900. The van der Waals surface area contributed by atoms with Gasteiger partial charge < -0.3 is 14.2 Å². The zero-order valence-electron chi connectivity index (χ0n) is 26.5. The molecule has 0 bridgehead atoms. The second-order valence-corrected chi connectivity index (χ2v) is 11.7. The van der Waals surface area contributed by atoms with Crippen LogP contribution in [-0.2, 0) is 17.6 Å². The number of aryl methyl sites for hydroxylation is 1. The van der Waals surface area contributed by atoms with E-state index in [2.05, 4.69) is 30.9 Å². The first-order valence-electron chi connectivity index (χ1n) is 15.7. The maximum Gasteiger partial charge on any atom is 0.439 e. The van der Waals surface area contributed by atoms with Crippen molar-refractivity contribution in [2.24, 2.45) is 0 Å². The van der Waals surface area contributed by atoms with Gasteiger partial charge in [-0.05, 0) is 61.2 Å². The molecule has 10 heteroatoms. The number of aromatic amines is 1. The maximum atomic E-state index is 14.2. The quantitative estimate of drug-likeness (QED) is 0.198. The monoisotopic (exact) mass is 622 g/mol. The number of H-pyrrole nitrogens is 1. The Morgan fingerprint density at radius 1 is 0.935 bits per heavy atom. The van der Waals surface area contributed by atoms with Gasteiger partial charge in [0, 0.05) is 30.4 Å². The van der Waals surface area contributed by atoms with E-state index in [0.717, 1.165) is 53.0 Å². The molecule has 2 aromatic heterocycles. The Labute approximate surface area is 267 Å². The highest BCUT2D eigenvalue weighted by atomic mass is 16.5. The molecule has 0 radical (unpaired) electrons. The number of rotatable bonds is 10. The molecule has 1 N–H and O–H groups in total. The summed E-state index contributed by atoms with van der Waals surface area (Å²) in [6.45, 7) is 6.20. The summed E-state index contributed by atoms with van der Waals surface area (Å²) in [5, 5.41) is 3.86. The Morgan fingerprint density at radius 2 is 1.63 bits per heavy atom. The molecule has 0 spiro atoms. The number of nitrogens with one attached hydrogen (secondary N) is 1. The van der Waals surface area contributed by atoms with E-state index in [-0.39, 0.29) is 29.9 Å². The Kier molecular flexibility index (Phi) is 9.16. The molecule has 0 aliphatic carbocycles. The topological polar surface area (TPSA) is 121 Å². The van der Waals surface area contributed by atoms with E-state index in [4.69, 9.17) is 23.7 Å². The summed E-state index contributed by atoms with van der Waals surface area (Å²) in [7, 11) is 1.53. The number of hydrogen-bond donors (Lipinski definition) is 1. The van der Waals surface area contributed by atoms with E-state index in [1.807, 2.05) is 72.8 Å². The lowest BCUT2D eigenvalue weighted by Gasteiger charge is -2.32. The molecule has 3 heterocycles. The van der Waals surface area contributed by atoms with Crippen molar-refractivity contribution in [3.8, 4) is 40.0 Å². The van der Waals surface area contributed by atoms with Crippen LogP contribution in [0.4, 0.5) is 0 Å². The van der Waals surface area contributed by atoms with E-state index in [1.165, 1.54) is 11.7 Å². The second-order valence-electron chi connectivity index (χ2n) is 11.7. The fraction of sp³-hybridized carbons (Fsp3) is 0.333. The predicted molar refractivity (Wildman–Crippen MR) is 175 cm³/mol. The summed E-state index contributed by atoms with van der Waals surface area (Å²) in [4.78, 5) is 33.2. The van der Waals surface area contributed by atoms with E-state index >= 15 is 0 Å². The third-order valence-electron chi connectivity index (χ3n) is 8.22. The molecule has 1 aliphatic rings. The number of methoxy groups -OCH3 is 1. The fourth-order valence-electron chi connectivity index (χ4n) is 6.16. The largest absolute Gasteiger partial charge is 0.490 e. The van der Waals surface area contributed by atoms with E-state index in [9.17, 15) is 9.59 Å².